The molecular formula is C17H23ClN2S. The zero-order valence-corrected chi connectivity index (χ0v) is 14.1. The largest absolute Gasteiger partial charge is 0.320 e. The third-order valence-electron chi connectivity index (χ3n) is 4.48. The minimum atomic E-state index is 0.895. The number of thiophene rings is 1. The molecule has 1 aliphatic heterocycles. The first-order valence-corrected chi connectivity index (χ1v) is 9.00. The van der Waals surface area contributed by atoms with E-state index in [1.54, 1.807) is 0 Å². The van der Waals surface area contributed by atoms with E-state index in [0.29, 0.717) is 0 Å². The molecule has 1 aromatic carbocycles. The fourth-order valence-electron chi connectivity index (χ4n) is 3.15. The molecule has 1 aromatic heterocycles. The van der Waals surface area contributed by atoms with Gasteiger partial charge in [-0.15, -0.1) is 11.3 Å². The zero-order chi connectivity index (χ0) is 14.7. The van der Waals surface area contributed by atoms with Crippen LogP contribution in [0.2, 0.25) is 5.02 Å². The molecule has 0 atom stereocenters. The van der Waals surface area contributed by atoms with E-state index in [1.807, 2.05) is 18.4 Å². The summed E-state index contributed by atoms with van der Waals surface area (Å²) in [4.78, 5) is 3.89. The van der Waals surface area contributed by atoms with Crippen molar-refractivity contribution in [2.24, 2.45) is 5.92 Å². The van der Waals surface area contributed by atoms with Crippen LogP contribution >= 0.6 is 22.9 Å². The Kier molecular flexibility index (Phi) is 5.17. The Balaban J connectivity index is 1.60. The Labute approximate surface area is 136 Å². The van der Waals surface area contributed by atoms with Gasteiger partial charge >= 0.3 is 0 Å². The second-order valence-electron chi connectivity index (χ2n) is 5.95. The molecule has 0 saturated carbocycles. The predicted octanol–water partition coefficient (Wildman–Crippen LogP) is 4.38. The molecule has 2 heterocycles. The molecule has 0 amide bonds. The van der Waals surface area contributed by atoms with Gasteiger partial charge in [0.15, 0.2) is 0 Å². The Bertz CT molecular complexity index is 587. The van der Waals surface area contributed by atoms with Crippen LogP contribution in [0, 0.1) is 5.92 Å². The van der Waals surface area contributed by atoms with Crippen LogP contribution in [0.25, 0.3) is 10.1 Å². The summed E-state index contributed by atoms with van der Waals surface area (Å²) in [5.74, 6) is 0.895. The molecule has 4 heteroatoms. The summed E-state index contributed by atoms with van der Waals surface area (Å²) in [5, 5.41) is 5.44. The van der Waals surface area contributed by atoms with Crippen LogP contribution in [0.1, 0.15) is 24.1 Å². The van der Waals surface area contributed by atoms with E-state index in [9.17, 15) is 0 Å². The van der Waals surface area contributed by atoms with Crippen molar-refractivity contribution in [2.75, 3.05) is 26.7 Å². The maximum atomic E-state index is 6.55. The number of hydrogen-bond acceptors (Lipinski definition) is 3. The van der Waals surface area contributed by atoms with Gasteiger partial charge in [-0.25, -0.2) is 0 Å². The quantitative estimate of drug-likeness (QED) is 0.879. The van der Waals surface area contributed by atoms with Crippen molar-refractivity contribution < 1.29 is 0 Å². The van der Waals surface area contributed by atoms with Gasteiger partial charge < -0.3 is 5.32 Å². The Morgan fingerprint density at radius 3 is 2.76 bits per heavy atom. The monoisotopic (exact) mass is 322 g/mol. The molecule has 2 aromatic rings. The van der Waals surface area contributed by atoms with Crippen LogP contribution < -0.4 is 5.32 Å². The zero-order valence-electron chi connectivity index (χ0n) is 12.6. The van der Waals surface area contributed by atoms with Crippen molar-refractivity contribution in [3.8, 4) is 0 Å². The number of fused-ring (bicyclic) bond motifs is 1. The molecular weight excluding hydrogens is 300 g/mol. The molecule has 1 saturated heterocycles. The first-order chi connectivity index (χ1) is 10.3. The summed E-state index contributed by atoms with van der Waals surface area (Å²) < 4.78 is 1.31. The second kappa shape index (κ2) is 7.10. The highest BCUT2D eigenvalue weighted by molar-refractivity contribution is 7.19. The molecule has 1 aliphatic rings. The number of piperidine rings is 1. The highest BCUT2D eigenvalue weighted by Gasteiger charge is 2.20. The van der Waals surface area contributed by atoms with Gasteiger partial charge in [0.1, 0.15) is 0 Å². The fraction of sp³-hybridized carbons (Fsp3) is 0.529. The molecule has 0 unspecified atom stereocenters. The van der Waals surface area contributed by atoms with Gasteiger partial charge in [0, 0.05) is 21.5 Å². The standard InChI is InChI=1S/C17H23ClN2S/c1-19-9-6-13-7-10-20(11-8-13)12-16-17(18)14-4-2-3-5-15(14)21-16/h2-5,13,19H,6-12H2,1H3. The summed E-state index contributed by atoms with van der Waals surface area (Å²) in [6.07, 6.45) is 3.96. The highest BCUT2D eigenvalue weighted by atomic mass is 35.5. The molecule has 1 N–H and O–H groups in total. The number of rotatable bonds is 5. The Hall–Kier alpha value is -0.610. The van der Waals surface area contributed by atoms with Crippen LogP contribution in [0.15, 0.2) is 24.3 Å². The fourth-order valence-corrected chi connectivity index (χ4v) is 4.69. The van der Waals surface area contributed by atoms with E-state index in [0.717, 1.165) is 24.0 Å². The summed E-state index contributed by atoms with van der Waals surface area (Å²) in [5.41, 5.74) is 0. The first kappa shape index (κ1) is 15.3. The predicted molar refractivity (Wildman–Crippen MR) is 93.4 cm³/mol. The second-order valence-corrected chi connectivity index (χ2v) is 7.46. The summed E-state index contributed by atoms with van der Waals surface area (Å²) >= 11 is 8.40. The van der Waals surface area contributed by atoms with Crippen molar-refractivity contribution in [3.05, 3.63) is 34.2 Å². The van der Waals surface area contributed by atoms with Gasteiger partial charge in [-0.1, -0.05) is 29.8 Å². The van der Waals surface area contributed by atoms with Gasteiger partial charge in [0.25, 0.3) is 0 Å². The number of nitrogens with one attached hydrogen (secondary N) is 1. The summed E-state index contributed by atoms with van der Waals surface area (Å²) in [7, 11) is 2.04. The maximum absolute atomic E-state index is 6.55. The first-order valence-electron chi connectivity index (χ1n) is 7.81. The Morgan fingerprint density at radius 2 is 2.05 bits per heavy atom. The molecule has 1 fully saturated rings. The number of halogens is 1. The third-order valence-corrected chi connectivity index (χ3v) is 6.18. The molecule has 3 rings (SSSR count). The highest BCUT2D eigenvalue weighted by Crippen LogP contribution is 2.36. The maximum Gasteiger partial charge on any atom is 0.0637 e. The lowest BCUT2D eigenvalue weighted by atomic mass is 9.93. The Morgan fingerprint density at radius 1 is 1.29 bits per heavy atom. The number of likely N-dealkylation sites (tertiary alicyclic amines) is 1. The lowest BCUT2D eigenvalue weighted by Crippen LogP contribution is -2.33. The molecule has 0 aliphatic carbocycles. The topological polar surface area (TPSA) is 15.3 Å². The normalized spacial score (nSPS) is 17.6. The van der Waals surface area contributed by atoms with Crippen molar-refractivity contribution in [1.29, 1.82) is 0 Å². The summed E-state index contributed by atoms with van der Waals surface area (Å²) in [6.45, 7) is 4.57. The van der Waals surface area contributed by atoms with Gasteiger partial charge in [-0.3, -0.25) is 4.90 Å². The molecule has 0 radical (unpaired) electrons. The smallest absolute Gasteiger partial charge is 0.0637 e. The average Bonchev–Trinajstić information content (AvgIpc) is 2.83. The summed E-state index contributed by atoms with van der Waals surface area (Å²) in [6, 6.07) is 8.45. The number of nitrogens with zero attached hydrogens (tertiary/aromatic N) is 1. The number of benzene rings is 1. The van der Waals surface area contributed by atoms with Crippen molar-refractivity contribution in [2.45, 2.75) is 25.8 Å². The molecule has 21 heavy (non-hydrogen) atoms. The van der Waals surface area contributed by atoms with E-state index in [-0.39, 0.29) is 0 Å². The molecule has 2 nitrogen and oxygen atoms in total. The van der Waals surface area contributed by atoms with Crippen LogP contribution in [0.3, 0.4) is 0 Å². The number of hydrogen-bond donors (Lipinski definition) is 1. The van der Waals surface area contributed by atoms with Gasteiger partial charge in [0.2, 0.25) is 0 Å². The van der Waals surface area contributed by atoms with Gasteiger partial charge in [-0.05, 0) is 57.9 Å². The van der Waals surface area contributed by atoms with E-state index < -0.39 is 0 Å². The third kappa shape index (κ3) is 3.59. The van der Waals surface area contributed by atoms with Gasteiger partial charge in [-0.2, -0.15) is 0 Å². The van der Waals surface area contributed by atoms with E-state index >= 15 is 0 Å². The van der Waals surface area contributed by atoms with Crippen LogP contribution in [-0.4, -0.2) is 31.6 Å². The lowest BCUT2D eigenvalue weighted by Gasteiger charge is -2.31. The molecule has 0 bridgehead atoms. The molecule has 114 valence electrons. The minimum Gasteiger partial charge on any atom is -0.320 e. The molecule has 0 spiro atoms. The SMILES string of the molecule is CNCCC1CCN(Cc2sc3ccccc3c2Cl)CC1. The van der Waals surface area contributed by atoms with E-state index in [2.05, 4.69) is 34.5 Å². The van der Waals surface area contributed by atoms with Crippen molar-refractivity contribution >= 4 is 33.0 Å². The average molecular weight is 323 g/mol. The van der Waals surface area contributed by atoms with E-state index in [4.69, 9.17) is 11.6 Å². The van der Waals surface area contributed by atoms with E-state index in [1.165, 1.54) is 47.3 Å². The van der Waals surface area contributed by atoms with Crippen LogP contribution in [0.4, 0.5) is 0 Å². The van der Waals surface area contributed by atoms with Crippen LogP contribution in [-0.2, 0) is 6.54 Å². The van der Waals surface area contributed by atoms with Crippen molar-refractivity contribution in [1.82, 2.24) is 10.2 Å². The van der Waals surface area contributed by atoms with Crippen molar-refractivity contribution in [3.63, 3.8) is 0 Å². The minimum absolute atomic E-state index is 0.895. The lowest BCUT2D eigenvalue weighted by molar-refractivity contribution is 0.173. The van der Waals surface area contributed by atoms with Crippen LogP contribution in [0.5, 0.6) is 0 Å². The van der Waals surface area contributed by atoms with Gasteiger partial charge in [0.05, 0.1) is 5.02 Å².